The van der Waals surface area contributed by atoms with Crippen molar-refractivity contribution in [1.82, 2.24) is 4.98 Å². The van der Waals surface area contributed by atoms with Crippen LogP contribution in [0.3, 0.4) is 0 Å². The van der Waals surface area contributed by atoms with Crippen LogP contribution in [-0.4, -0.2) is 18.1 Å². The third kappa shape index (κ3) is 2.38. The molecule has 0 fully saturated rings. The van der Waals surface area contributed by atoms with Gasteiger partial charge < -0.3 is 10.6 Å². The number of rotatable bonds is 3. The number of hydrogen-bond acceptors (Lipinski definition) is 3. The smallest absolute Gasteiger partial charge is 0.129 e. The maximum Gasteiger partial charge on any atom is 0.129 e. The molecule has 1 heterocycles. The van der Waals surface area contributed by atoms with Gasteiger partial charge in [0.25, 0.3) is 0 Å². The Balaban J connectivity index is 2.80. The lowest BCUT2D eigenvalue weighted by Gasteiger charge is -2.18. The number of pyridine rings is 1. The second-order valence-corrected chi connectivity index (χ2v) is 2.67. The van der Waals surface area contributed by atoms with Crippen molar-refractivity contribution in [3.8, 4) is 12.3 Å². The molecule has 68 valence electrons. The van der Waals surface area contributed by atoms with Crippen molar-refractivity contribution in [2.45, 2.75) is 6.92 Å². The number of nitrogens with zero attached hydrogens (tertiary/aromatic N) is 2. The summed E-state index contributed by atoms with van der Waals surface area (Å²) in [5, 5.41) is 0. The van der Waals surface area contributed by atoms with Crippen molar-refractivity contribution in [3.05, 3.63) is 18.3 Å². The van der Waals surface area contributed by atoms with Crippen molar-refractivity contribution in [2.24, 2.45) is 0 Å². The molecule has 1 rings (SSSR count). The summed E-state index contributed by atoms with van der Waals surface area (Å²) in [5.74, 6) is 3.46. The van der Waals surface area contributed by atoms with Gasteiger partial charge in [-0.05, 0) is 19.1 Å². The molecule has 0 aromatic carbocycles. The predicted molar refractivity (Wildman–Crippen MR) is 55.4 cm³/mol. The molecule has 2 N–H and O–H groups in total. The average Bonchev–Trinajstić information content (AvgIpc) is 2.16. The van der Waals surface area contributed by atoms with Crippen LogP contribution in [0.2, 0.25) is 0 Å². The van der Waals surface area contributed by atoms with Crippen LogP contribution in [0.4, 0.5) is 11.5 Å². The molecule has 0 atom stereocenters. The predicted octanol–water partition coefficient (Wildman–Crippen LogP) is 1.12. The molecule has 0 saturated heterocycles. The molecule has 0 aliphatic rings. The molecule has 3 heteroatoms. The first-order chi connectivity index (χ1) is 6.27. The summed E-state index contributed by atoms with van der Waals surface area (Å²) in [6, 6.07) is 3.69. The molecule has 3 nitrogen and oxygen atoms in total. The van der Waals surface area contributed by atoms with E-state index in [2.05, 4.69) is 10.9 Å². The lowest BCUT2D eigenvalue weighted by molar-refractivity contribution is 0.894. The van der Waals surface area contributed by atoms with Crippen LogP contribution < -0.4 is 10.6 Å². The van der Waals surface area contributed by atoms with Gasteiger partial charge in [-0.1, -0.05) is 5.92 Å². The van der Waals surface area contributed by atoms with Crippen molar-refractivity contribution in [3.63, 3.8) is 0 Å². The molecule has 0 aliphatic carbocycles. The Kier molecular flexibility index (Phi) is 3.15. The topological polar surface area (TPSA) is 42.1 Å². The summed E-state index contributed by atoms with van der Waals surface area (Å²) in [7, 11) is 0. The van der Waals surface area contributed by atoms with Crippen LogP contribution in [0.5, 0.6) is 0 Å². The molecule has 0 bridgehead atoms. The van der Waals surface area contributed by atoms with Crippen molar-refractivity contribution >= 4 is 11.5 Å². The lowest BCUT2D eigenvalue weighted by Crippen LogP contribution is -2.23. The molecule has 0 saturated carbocycles. The zero-order chi connectivity index (χ0) is 9.68. The van der Waals surface area contributed by atoms with Gasteiger partial charge in [0.2, 0.25) is 0 Å². The van der Waals surface area contributed by atoms with E-state index in [1.807, 2.05) is 24.0 Å². The van der Waals surface area contributed by atoms with Crippen LogP contribution in [0.25, 0.3) is 0 Å². The van der Waals surface area contributed by atoms with Gasteiger partial charge in [-0.15, -0.1) is 6.42 Å². The summed E-state index contributed by atoms with van der Waals surface area (Å²) in [6.45, 7) is 3.46. The number of aromatic nitrogens is 1. The van der Waals surface area contributed by atoms with E-state index < -0.39 is 0 Å². The SMILES string of the molecule is C#CCN(CC)c1ccc(N)cn1. The van der Waals surface area contributed by atoms with Gasteiger partial charge in [0.15, 0.2) is 0 Å². The van der Waals surface area contributed by atoms with Crippen molar-refractivity contribution in [1.29, 1.82) is 0 Å². The van der Waals surface area contributed by atoms with E-state index in [-0.39, 0.29) is 0 Å². The second-order valence-electron chi connectivity index (χ2n) is 2.67. The fourth-order valence-electron chi connectivity index (χ4n) is 1.05. The van der Waals surface area contributed by atoms with Crippen LogP contribution in [0.1, 0.15) is 6.92 Å². The molecule has 0 amide bonds. The number of terminal acetylenes is 1. The first-order valence-corrected chi connectivity index (χ1v) is 4.18. The van der Waals surface area contributed by atoms with E-state index in [9.17, 15) is 0 Å². The van der Waals surface area contributed by atoms with Gasteiger partial charge in [0.1, 0.15) is 5.82 Å². The summed E-state index contributed by atoms with van der Waals surface area (Å²) in [5.41, 5.74) is 6.19. The molecule has 0 unspecified atom stereocenters. The largest absolute Gasteiger partial charge is 0.397 e. The van der Waals surface area contributed by atoms with Crippen LogP contribution >= 0.6 is 0 Å². The highest BCUT2D eigenvalue weighted by Gasteiger charge is 2.02. The lowest BCUT2D eigenvalue weighted by atomic mass is 10.4. The Bertz CT molecular complexity index is 297. The summed E-state index contributed by atoms with van der Waals surface area (Å²) in [4.78, 5) is 6.17. The summed E-state index contributed by atoms with van der Waals surface area (Å²) < 4.78 is 0. The fourth-order valence-corrected chi connectivity index (χ4v) is 1.05. The molecule has 0 aliphatic heterocycles. The van der Waals surface area contributed by atoms with E-state index in [1.165, 1.54) is 0 Å². The highest BCUT2D eigenvalue weighted by Crippen LogP contribution is 2.10. The molecular weight excluding hydrogens is 162 g/mol. The Morgan fingerprint density at radius 2 is 2.38 bits per heavy atom. The fraction of sp³-hybridized carbons (Fsp3) is 0.300. The molecular formula is C10H13N3. The second kappa shape index (κ2) is 4.36. The molecule has 1 aromatic heterocycles. The number of hydrogen-bond donors (Lipinski definition) is 1. The van der Waals surface area contributed by atoms with E-state index in [4.69, 9.17) is 12.2 Å². The Morgan fingerprint density at radius 3 is 2.85 bits per heavy atom. The third-order valence-electron chi connectivity index (χ3n) is 1.76. The van der Waals surface area contributed by atoms with Gasteiger partial charge in [0, 0.05) is 6.54 Å². The maximum absolute atomic E-state index is 5.52. The maximum atomic E-state index is 5.52. The first kappa shape index (κ1) is 9.40. The van der Waals surface area contributed by atoms with Gasteiger partial charge in [-0.2, -0.15) is 0 Å². The van der Waals surface area contributed by atoms with E-state index in [1.54, 1.807) is 6.20 Å². The quantitative estimate of drug-likeness (QED) is 0.700. The van der Waals surface area contributed by atoms with Crippen LogP contribution in [-0.2, 0) is 0 Å². The normalized spacial score (nSPS) is 9.23. The minimum Gasteiger partial charge on any atom is -0.397 e. The van der Waals surface area contributed by atoms with E-state index in [0.29, 0.717) is 12.2 Å². The zero-order valence-corrected chi connectivity index (χ0v) is 7.70. The Hall–Kier alpha value is -1.69. The average molecular weight is 175 g/mol. The monoisotopic (exact) mass is 175 g/mol. The Labute approximate surface area is 78.6 Å². The summed E-state index contributed by atoms with van der Waals surface area (Å²) in [6.07, 6.45) is 6.86. The number of anilines is 2. The summed E-state index contributed by atoms with van der Waals surface area (Å²) >= 11 is 0. The molecule has 0 radical (unpaired) electrons. The minimum atomic E-state index is 0.577. The zero-order valence-electron chi connectivity index (χ0n) is 7.70. The molecule has 0 spiro atoms. The highest BCUT2D eigenvalue weighted by molar-refractivity contribution is 5.46. The van der Waals surface area contributed by atoms with Gasteiger partial charge in [-0.25, -0.2) is 4.98 Å². The van der Waals surface area contributed by atoms with Gasteiger partial charge >= 0.3 is 0 Å². The molecule has 1 aromatic rings. The Morgan fingerprint density at radius 1 is 1.62 bits per heavy atom. The standard InChI is InChI=1S/C10H13N3/c1-3-7-13(4-2)10-6-5-9(11)8-12-10/h1,5-6,8H,4,7,11H2,2H3. The van der Waals surface area contributed by atoms with Crippen molar-refractivity contribution in [2.75, 3.05) is 23.7 Å². The third-order valence-corrected chi connectivity index (χ3v) is 1.76. The minimum absolute atomic E-state index is 0.577. The van der Waals surface area contributed by atoms with Gasteiger partial charge in [-0.3, -0.25) is 0 Å². The van der Waals surface area contributed by atoms with Gasteiger partial charge in [0.05, 0.1) is 18.4 Å². The van der Waals surface area contributed by atoms with Crippen molar-refractivity contribution < 1.29 is 0 Å². The number of nitrogen functional groups attached to an aromatic ring is 1. The highest BCUT2D eigenvalue weighted by atomic mass is 15.2. The van der Waals surface area contributed by atoms with Crippen LogP contribution in [0, 0.1) is 12.3 Å². The van der Waals surface area contributed by atoms with E-state index >= 15 is 0 Å². The first-order valence-electron chi connectivity index (χ1n) is 4.18. The van der Waals surface area contributed by atoms with Crippen LogP contribution in [0.15, 0.2) is 18.3 Å². The number of nitrogens with two attached hydrogens (primary N) is 1. The molecule has 13 heavy (non-hydrogen) atoms. The van der Waals surface area contributed by atoms with E-state index in [0.717, 1.165) is 12.4 Å².